The molecule has 1 aromatic rings. The van der Waals surface area contributed by atoms with E-state index in [2.05, 4.69) is 5.32 Å². The number of alkyl halides is 3. The van der Waals surface area contributed by atoms with E-state index in [4.69, 9.17) is 9.47 Å². The third kappa shape index (κ3) is 4.70. The highest BCUT2D eigenvalue weighted by Crippen LogP contribution is 2.32. The third-order valence-corrected chi connectivity index (χ3v) is 4.23. The summed E-state index contributed by atoms with van der Waals surface area (Å²) in [6.45, 7) is 3.89. The van der Waals surface area contributed by atoms with Crippen LogP contribution in [0.1, 0.15) is 30.9 Å². The Hall–Kier alpha value is -1.60. The maximum atomic E-state index is 12.5. The van der Waals surface area contributed by atoms with Crippen LogP contribution in [0.15, 0.2) is 24.3 Å². The predicted octanol–water partition coefficient (Wildman–Crippen LogP) is 3.15. The molecule has 134 valence electrons. The number of hydrogen-bond acceptors (Lipinski definition) is 4. The van der Waals surface area contributed by atoms with Gasteiger partial charge in [-0.05, 0) is 37.5 Å². The van der Waals surface area contributed by atoms with Gasteiger partial charge in [-0.2, -0.15) is 13.2 Å². The van der Waals surface area contributed by atoms with Gasteiger partial charge in [0.25, 0.3) is 0 Å². The first kappa shape index (κ1) is 18.7. The molecular formula is C17H22F3NO3. The van der Waals surface area contributed by atoms with Crippen LogP contribution in [0.3, 0.4) is 0 Å². The van der Waals surface area contributed by atoms with E-state index in [1.807, 2.05) is 0 Å². The molecular weight excluding hydrogens is 323 g/mol. The van der Waals surface area contributed by atoms with Crippen molar-refractivity contribution in [2.24, 2.45) is 5.41 Å². The number of esters is 1. The van der Waals surface area contributed by atoms with E-state index in [9.17, 15) is 18.0 Å². The van der Waals surface area contributed by atoms with Gasteiger partial charge in [0.2, 0.25) is 0 Å². The highest BCUT2D eigenvalue weighted by atomic mass is 19.4. The standard InChI is InChI=1S/C17H22F3NO3/c1-2-24-15(22)16(7-9-23-10-8-16)12-21-11-13-3-5-14(6-4-13)17(18,19)20/h3-6,21H,2,7-12H2,1H3. The molecule has 0 radical (unpaired) electrons. The van der Waals surface area contributed by atoms with Gasteiger partial charge in [-0.15, -0.1) is 0 Å². The van der Waals surface area contributed by atoms with Gasteiger partial charge in [0.15, 0.2) is 0 Å². The second kappa shape index (κ2) is 7.98. The van der Waals surface area contributed by atoms with Crippen molar-refractivity contribution in [2.75, 3.05) is 26.4 Å². The minimum absolute atomic E-state index is 0.242. The normalized spacial score (nSPS) is 17.5. The van der Waals surface area contributed by atoms with Crippen molar-refractivity contribution >= 4 is 5.97 Å². The van der Waals surface area contributed by atoms with E-state index >= 15 is 0 Å². The summed E-state index contributed by atoms with van der Waals surface area (Å²) in [7, 11) is 0. The number of benzene rings is 1. The molecule has 1 N–H and O–H groups in total. The van der Waals surface area contributed by atoms with Crippen molar-refractivity contribution < 1.29 is 27.4 Å². The molecule has 0 atom stereocenters. The lowest BCUT2D eigenvalue weighted by atomic mass is 9.80. The molecule has 1 heterocycles. The Labute approximate surface area is 139 Å². The quantitative estimate of drug-likeness (QED) is 0.805. The number of hydrogen-bond donors (Lipinski definition) is 1. The third-order valence-electron chi connectivity index (χ3n) is 4.23. The molecule has 0 saturated carbocycles. The summed E-state index contributed by atoms with van der Waals surface area (Å²) in [4.78, 5) is 12.3. The molecule has 0 unspecified atom stereocenters. The van der Waals surface area contributed by atoms with Gasteiger partial charge < -0.3 is 14.8 Å². The molecule has 2 rings (SSSR count). The number of rotatable bonds is 6. The van der Waals surface area contributed by atoms with Crippen molar-refractivity contribution in [2.45, 2.75) is 32.5 Å². The summed E-state index contributed by atoms with van der Waals surface area (Å²) in [5.41, 5.74) is -0.562. The maximum Gasteiger partial charge on any atom is 0.416 e. The summed E-state index contributed by atoms with van der Waals surface area (Å²) in [6.07, 6.45) is -3.18. The van der Waals surface area contributed by atoms with Gasteiger partial charge in [-0.25, -0.2) is 0 Å². The van der Waals surface area contributed by atoms with E-state index in [0.717, 1.165) is 17.7 Å². The van der Waals surface area contributed by atoms with Crippen LogP contribution in [0.25, 0.3) is 0 Å². The Morgan fingerprint density at radius 1 is 1.25 bits per heavy atom. The lowest BCUT2D eigenvalue weighted by molar-refractivity contribution is -0.161. The zero-order valence-electron chi connectivity index (χ0n) is 13.6. The Kier molecular flexibility index (Phi) is 6.23. The molecule has 0 bridgehead atoms. The van der Waals surface area contributed by atoms with E-state index in [1.54, 1.807) is 6.92 Å². The fraction of sp³-hybridized carbons (Fsp3) is 0.588. The molecule has 0 spiro atoms. The molecule has 1 aliphatic rings. The zero-order chi connectivity index (χ0) is 17.6. The molecule has 0 aliphatic carbocycles. The first-order chi connectivity index (χ1) is 11.4. The first-order valence-corrected chi connectivity index (χ1v) is 7.99. The van der Waals surface area contributed by atoms with Crippen LogP contribution in [0.5, 0.6) is 0 Å². The predicted molar refractivity (Wildman–Crippen MR) is 82.3 cm³/mol. The molecule has 1 aliphatic heterocycles. The number of ether oxygens (including phenoxy) is 2. The van der Waals surface area contributed by atoms with E-state index in [-0.39, 0.29) is 5.97 Å². The van der Waals surface area contributed by atoms with Crippen LogP contribution in [-0.2, 0) is 27.0 Å². The molecule has 24 heavy (non-hydrogen) atoms. The van der Waals surface area contributed by atoms with E-state index in [0.29, 0.717) is 45.8 Å². The monoisotopic (exact) mass is 345 g/mol. The summed E-state index contributed by atoms with van der Waals surface area (Å²) >= 11 is 0. The first-order valence-electron chi connectivity index (χ1n) is 7.99. The fourth-order valence-electron chi connectivity index (χ4n) is 2.76. The van der Waals surface area contributed by atoms with Gasteiger partial charge in [0.05, 0.1) is 17.6 Å². The second-order valence-electron chi connectivity index (χ2n) is 5.91. The largest absolute Gasteiger partial charge is 0.466 e. The number of nitrogens with one attached hydrogen (secondary N) is 1. The van der Waals surface area contributed by atoms with Crippen LogP contribution < -0.4 is 5.32 Å². The van der Waals surface area contributed by atoms with E-state index < -0.39 is 17.2 Å². The van der Waals surface area contributed by atoms with Crippen molar-refractivity contribution in [3.8, 4) is 0 Å². The smallest absolute Gasteiger partial charge is 0.416 e. The lowest BCUT2D eigenvalue weighted by Gasteiger charge is -2.34. The van der Waals surface area contributed by atoms with Crippen molar-refractivity contribution in [1.82, 2.24) is 5.32 Å². The van der Waals surface area contributed by atoms with Crippen LogP contribution in [0, 0.1) is 5.41 Å². The van der Waals surface area contributed by atoms with Crippen LogP contribution in [0.2, 0.25) is 0 Å². The van der Waals surface area contributed by atoms with Gasteiger partial charge >= 0.3 is 12.1 Å². The average Bonchev–Trinajstić information content (AvgIpc) is 2.55. The fourth-order valence-corrected chi connectivity index (χ4v) is 2.76. The number of halogens is 3. The van der Waals surface area contributed by atoms with Crippen molar-refractivity contribution in [1.29, 1.82) is 0 Å². The molecule has 4 nitrogen and oxygen atoms in total. The average molecular weight is 345 g/mol. The summed E-state index contributed by atoms with van der Waals surface area (Å²) < 4.78 is 48.1. The Morgan fingerprint density at radius 3 is 2.42 bits per heavy atom. The molecule has 7 heteroatoms. The molecule has 0 aromatic heterocycles. The van der Waals surface area contributed by atoms with Gasteiger partial charge in [-0.3, -0.25) is 4.79 Å². The van der Waals surface area contributed by atoms with Crippen LogP contribution in [-0.4, -0.2) is 32.3 Å². The lowest BCUT2D eigenvalue weighted by Crippen LogP contribution is -2.46. The van der Waals surface area contributed by atoms with Crippen LogP contribution in [0.4, 0.5) is 13.2 Å². The zero-order valence-corrected chi connectivity index (χ0v) is 13.6. The highest BCUT2D eigenvalue weighted by molar-refractivity contribution is 5.77. The topological polar surface area (TPSA) is 47.6 Å². The van der Waals surface area contributed by atoms with Crippen LogP contribution >= 0.6 is 0 Å². The van der Waals surface area contributed by atoms with Gasteiger partial charge in [0, 0.05) is 26.3 Å². The van der Waals surface area contributed by atoms with Gasteiger partial charge in [-0.1, -0.05) is 12.1 Å². The van der Waals surface area contributed by atoms with E-state index in [1.165, 1.54) is 12.1 Å². The highest BCUT2D eigenvalue weighted by Gasteiger charge is 2.41. The second-order valence-corrected chi connectivity index (χ2v) is 5.91. The molecule has 1 saturated heterocycles. The molecule has 0 amide bonds. The Balaban J connectivity index is 1.94. The van der Waals surface area contributed by atoms with Crippen molar-refractivity contribution in [3.63, 3.8) is 0 Å². The summed E-state index contributed by atoms with van der Waals surface area (Å²) in [6, 6.07) is 5.01. The SMILES string of the molecule is CCOC(=O)C1(CNCc2ccc(C(F)(F)F)cc2)CCOCC1. The minimum atomic E-state index is -4.33. The minimum Gasteiger partial charge on any atom is -0.466 e. The summed E-state index contributed by atoms with van der Waals surface area (Å²) in [5, 5.41) is 3.17. The molecule has 1 aromatic carbocycles. The molecule has 1 fully saturated rings. The maximum absolute atomic E-state index is 12.5. The van der Waals surface area contributed by atoms with Crippen molar-refractivity contribution in [3.05, 3.63) is 35.4 Å². The Morgan fingerprint density at radius 2 is 1.88 bits per heavy atom. The summed E-state index contributed by atoms with van der Waals surface area (Å²) in [5.74, 6) is -0.242. The number of carbonyl (C=O) groups is 1. The van der Waals surface area contributed by atoms with Gasteiger partial charge in [0.1, 0.15) is 0 Å². The number of carbonyl (C=O) groups excluding carboxylic acids is 1. The Bertz CT molecular complexity index is 537.